The van der Waals surface area contributed by atoms with Crippen LogP contribution in [-0.2, 0) is 11.2 Å². The number of halogens is 2. The van der Waals surface area contributed by atoms with Crippen molar-refractivity contribution in [1.29, 1.82) is 0 Å². The molecule has 0 aromatic heterocycles. The van der Waals surface area contributed by atoms with Crippen LogP contribution in [0.3, 0.4) is 0 Å². The Morgan fingerprint density at radius 3 is 2.18 bits per heavy atom. The number of hydrogen-bond donors (Lipinski definition) is 1. The number of benzene rings is 3. The first-order chi connectivity index (χ1) is 15.9. The molecule has 5 nitrogen and oxygen atoms in total. The highest BCUT2D eigenvalue weighted by Gasteiger charge is 2.21. The summed E-state index contributed by atoms with van der Waals surface area (Å²) in [5.74, 6) is -0.104. The van der Waals surface area contributed by atoms with Gasteiger partial charge in [-0.2, -0.15) is 0 Å². The van der Waals surface area contributed by atoms with Crippen LogP contribution in [0.15, 0.2) is 66.7 Å². The molecular formula is C26H25Cl2N3O2. The van der Waals surface area contributed by atoms with Gasteiger partial charge in [0.1, 0.15) is 0 Å². The number of nitrogens with one attached hydrogen (secondary N) is 1. The Hall–Kier alpha value is -3.02. The van der Waals surface area contributed by atoms with E-state index in [1.54, 1.807) is 18.2 Å². The van der Waals surface area contributed by atoms with Gasteiger partial charge in [-0.25, -0.2) is 0 Å². The highest BCUT2D eigenvalue weighted by Crippen LogP contribution is 2.22. The molecule has 7 heteroatoms. The third-order valence-electron chi connectivity index (χ3n) is 5.69. The molecule has 1 fully saturated rings. The number of nitrogens with zero attached hydrogens (tertiary/aromatic N) is 2. The van der Waals surface area contributed by atoms with Gasteiger partial charge in [0.2, 0.25) is 5.91 Å². The van der Waals surface area contributed by atoms with Crippen molar-refractivity contribution in [2.45, 2.75) is 13.3 Å². The molecule has 0 atom stereocenters. The van der Waals surface area contributed by atoms with Crippen LogP contribution in [0.2, 0.25) is 10.0 Å². The molecule has 170 valence electrons. The van der Waals surface area contributed by atoms with E-state index in [0.717, 1.165) is 24.3 Å². The largest absolute Gasteiger partial charge is 0.368 e. The third kappa shape index (κ3) is 6.06. The second kappa shape index (κ2) is 10.3. The van der Waals surface area contributed by atoms with E-state index in [9.17, 15) is 9.59 Å². The normalized spacial score (nSPS) is 13.7. The molecule has 3 aromatic carbocycles. The van der Waals surface area contributed by atoms with Crippen molar-refractivity contribution in [2.24, 2.45) is 0 Å². The molecule has 0 aliphatic carbocycles. The van der Waals surface area contributed by atoms with Crippen LogP contribution in [0.4, 0.5) is 11.4 Å². The first-order valence-corrected chi connectivity index (χ1v) is 11.6. The van der Waals surface area contributed by atoms with Gasteiger partial charge in [0, 0.05) is 53.2 Å². The van der Waals surface area contributed by atoms with Crippen molar-refractivity contribution >= 4 is 46.4 Å². The maximum absolute atomic E-state index is 12.7. The smallest absolute Gasteiger partial charge is 0.255 e. The second-order valence-corrected chi connectivity index (χ2v) is 9.07. The molecule has 2 amide bonds. The number of carbonyl (C=O) groups excluding carboxylic acids is 2. The SMILES string of the molecule is Cc1cccc(CC(=O)N2CCN(c3ccc(NC(=O)c4cc(Cl)cc(Cl)c4)cc3)CC2)c1. The number of anilines is 2. The van der Waals surface area contributed by atoms with Crippen LogP contribution in [0.25, 0.3) is 0 Å². The number of carbonyl (C=O) groups is 2. The highest BCUT2D eigenvalue weighted by molar-refractivity contribution is 6.35. The molecule has 0 spiro atoms. The van der Waals surface area contributed by atoms with Gasteiger partial charge >= 0.3 is 0 Å². The van der Waals surface area contributed by atoms with Crippen LogP contribution >= 0.6 is 23.2 Å². The molecule has 0 saturated carbocycles. The lowest BCUT2D eigenvalue weighted by Crippen LogP contribution is -2.49. The molecule has 1 aliphatic rings. The molecular weight excluding hydrogens is 457 g/mol. The predicted molar refractivity (Wildman–Crippen MR) is 135 cm³/mol. The number of aryl methyl sites for hydroxylation is 1. The first kappa shape index (κ1) is 23.1. The number of rotatable bonds is 5. The van der Waals surface area contributed by atoms with Crippen LogP contribution in [0, 0.1) is 6.92 Å². The van der Waals surface area contributed by atoms with Gasteiger partial charge in [0.05, 0.1) is 6.42 Å². The molecule has 1 heterocycles. The summed E-state index contributed by atoms with van der Waals surface area (Å²) in [4.78, 5) is 29.3. The van der Waals surface area contributed by atoms with Crippen molar-refractivity contribution in [2.75, 3.05) is 36.4 Å². The zero-order valence-electron chi connectivity index (χ0n) is 18.4. The summed E-state index contributed by atoms with van der Waals surface area (Å²) in [6.07, 6.45) is 0.438. The van der Waals surface area contributed by atoms with Crippen molar-refractivity contribution in [3.8, 4) is 0 Å². The maximum Gasteiger partial charge on any atom is 0.255 e. The van der Waals surface area contributed by atoms with E-state index in [-0.39, 0.29) is 11.8 Å². The van der Waals surface area contributed by atoms with Gasteiger partial charge in [-0.1, -0.05) is 53.0 Å². The van der Waals surface area contributed by atoms with Crippen molar-refractivity contribution in [3.05, 3.63) is 93.5 Å². The van der Waals surface area contributed by atoms with Crippen LogP contribution in [0.1, 0.15) is 21.5 Å². The highest BCUT2D eigenvalue weighted by atomic mass is 35.5. The zero-order valence-corrected chi connectivity index (χ0v) is 19.9. The molecule has 1 aliphatic heterocycles. The van der Waals surface area contributed by atoms with E-state index in [1.807, 2.05) is 54.3 Å². The topological polar surface area (TPSA) is 52.7 Å². The molecule has 0 unspecified atom stereocenters. The van der Waals surface area contributed by atoms with Crippen LogP contribution in [-0.4, -0.2) is 42.9 Å². The van der Waals surface area contributed by atoms with Gasteiger partial charge in [-0.3, -0.25) is 9.59 Å². The first-order valence-electron chi connectivity index (χ1n) is 10.8. The molecule has 3 aromatic rings. The predicted octanol–water partition coefficient (Wildman–Crippen LogP) is 5.45. The fourth-order valence-electron chi connectivity index (χ4n) is 3.97. The van der Waals surface area contributed by atoms with Gasteiger partial charge < -0.3 is 15.1 Å². The van der Waals surface area contributed by atoms with E-state index in [0.29, 0.717) is 40.8 Å². The Labute approximate surface area is 203 Å². The van der Waals surface area contributed by atoms with Crippen LogP contribution < -0.4 is 10.2 Å². The van der Waals surface area contributed by atoms with Crippen LogP contribution in [0.5, 0.6) is 0 Å². The monoisotopic (exact) mass is 481 g/mol. The van der Waals surface area contributed by atoms with Crippen molar-refractivity contribution in [3.63, 3.8) is 0 Å². The minimum absolute atomic E-state index is 0.166. The average Bonchev–Trinajstić information content (AvgIpc) is 2.79. The minimum atomic E-state index is -0.270. The van der Waals surface area contributed by atoms with E-state index in [4.69, 9.17) is 23.2 Å². The molecule has 4 rings (SSSR count). The Bertz CT molecular complexity index is 1140. The molecule has 0 radical (unpaired) electrons. The van der Waals surface area contributed by atoms with Gasteiger partial charge in [-0.15, -0.1) is 0 Å². The number of piperazine rings is 1. The lowest BCUT2D eigenvalue weighted by molar-refractivity contribution is -0.130. The standard InChI is InChI=1S/C26H25Cl2N3O2/c1-18-3-2-4-19(13-18)14-25(32)31-11-9-30(10-12-31)24-7-5-23(6-8-24)29-26(33)20-15-21(27)17-22(28)16-20/h2-8,13,15-17H,9-12,14H2,1H3,(H,29,33). The quantitative estimate of drug-likeness (QED) is 0.527. The lowest BCUT2D eigenvalue weighted by atomic mass is 10.1. The van der Waals surface area contributed by atoms with Crippen molar-refractivity contribution < 1.29 is 9.59 Å². The summed E-state index contributed by atoms with van der Waals surface area (Å²) in [6.45, 7) is 4.96. The fourth-order valence-corrected chi connectivity index (χ4v) is 4.49. The molecule has 1 N–H and O–H groups in total. The number of amides is 2. The second-order valence-electron chi connectivity index (χ2n) is 8.19. The van der Waals surface area contributed by atoms with Gasteiger partial charge in [0.25, 0.3) is 5.91 Å². The summed E-state index contributed by atoms with van der Waals surface area (Å²) in [6, 6.07) is 20.5. The summed E-state index contributed by atoms with van der Waals surface area (Å²) in [7, 11) is 0. The summed E-state index contributed by atoms with van der Waals surface area (Å²) in [5.41, 5.74) is 4.38. The van der Waals surface area contributed by atoms with Crippen molar-refractivity contribution in [1.82, 2.24) is 4.90 Å². The van der Waals surface area contributed by atoms with E-state index in [2.05, 4.69) is 16.3 Å². The minimum Gasteiger partial charge on any atom is -0.368 e. The van der Waals surface area contributed by atoms with Gasteiger partial charge in [-0.05, 0) is 55.0 Å². The average molecular weight is 482 g/mol. The maximum atomic E-state index is 12.7. The molecule has 33 heavy (non-hydrogen) atoms. The summed E-state index contributed by atoms with van der Waals surface area (Å²) < 4.78 is 0. The Kier molecular flexibility index (Phi) is 7.21. The number of hydrogen-bond acceptors (Lipinski definition) is 3. The molecule has 0 bridgehead atoms. The Morgan fingerprint density at radius 2 is 1.55 bits per heavy atom. The Balaban J connectivity index is 1.31. The van der Waals surface area contributed by atoms with E-state index < -0.39 is 0 Å². The summed E-state index contributed by atoms with van der Waals surface area (Å²) >= 11 is 12.0. The van der Waals surface area contributed by atoms with E-state index >= 15 is 0 Å². The molecule has 1 saturated heterocycles. The van der Waals surface area contributed by atoms with Gasteiger partial charge in [0.15, 0.2) is 0 Å². The third-order valence-corrected chi connectivity index (χ3v) is 6.12. The zero-order chi connectivity index (χ0) is 23.4. The Morgan fingerprint density at radius 1 is 0.879 bits per heavy atom. The lowest BCUT2D eigenvalue weighted by Gasteiger charge is -2.36. The van der Waals surface area contributed by atoms with E-state index in [1.165, 1.54) is 5.56 Å². The summed E-state index contributed by atoms with van der Waals surface area (Å²) in [5, 5.41) is 3.70. The fraction of sp³-hybridized carbons (Fsp3) is 0.231.